The Morgan fingerprint density at radius 3 is 2.55 bits per heavy atom. The number of nitrogens with one attached hydrogen (secondary N) is 3. The largest absolute Gasteiger partial charge is 0.338 e. The van der Waals surface area contributed by atoms with Gasteiger partial charge >= 0.3 is 0 Å². The van der Waals surface area contributed by atoms with Crippen molar-refractivity contribution in [3.05, 3.63) is 11.8 Å². The molecule has 1 aromatic rings. The van der Waals surface area contributed by atoms with Gasteiger partial charge < -0.3 is 14.3 Å². The van der Waals surface area contributed by atoms with Crippen molar-refractivity contribution in [2.45, 2.75) is 26.2 Å². The molecular weight excluding hydrogens is 256 g/mol. The molecule has 1 amide bonds. The number of carbonyl (C=O) groups is 1. The van der Waals surface area contributed by atoms with Gasteiger partial charge in [0.05, 0.1) is 12.7 Å². The number of anilines is 1. The lowest BCUT2D eigenvalue weighted by Gasteiger charge is -2.26. The number of carbonyl (C=O) groups excluding carboxylic acids is 1. The molecule has 112 valence electrons. The first-order chi connectivity index (χ1) is 9.34. The molecule has 1 aliphatic heterocycles. The number of quaternary nitrogens is 2. The Hall–Kier alpha value is -1.40. The molecule has 20 heavy (non-hydrogen) atoms. The van der Waals surface area contributed by atoms with Crippen LogP contribution in [-0.4, -0.2) is 50.8 Å². The number of nitrogens with zero attached hydrogens (tertiary/aromatic N) is 1. The summed E-state index contributed by atoms with van der Waals surface area (Å²) in [5, 5.41) is 6.79. The predicted octanol–water partition coefficient (Wildman–Crippen LogP) is -1.68. The zero-order valence-electron chi connectivity index (χ0n) is 12.9. The minimum absolute atomic E-state index is 0.00355. The van der Waals surface area contributed by atoms with E-state index in [1.807, 2.05) is 0 Å². The van der Waals surface area contributed by atoms with Crippen LogP contribution in [0.2, 0.25) is 0 Å². The molecule has 1 aliphatic rings. The van der Waals surface area contributed by atoms with Gasteiger partial charge in [0.25, 0.3) is 5.91 Å². The first kappa shape index (κ1) is 15.0. The molecule has 1 aromatic heterocycles. The zero-order chi connectivity index (χ0) is 14.8. The van der Waals surface area contributed by atoms with E-state index >= 15 is 0 Å². The minimum Gasteiger partial charge on any atom is -0.338 e. The van der Waals surface area contributed by atoms with E-state index in [9.17, 15) is 4.79 Å². The number of hydrogen-bond donors (Lipinski definition) is 3. The van der Waals surface area contributed by atoms with Gasteiger partial charge in [-0.05, 0) is 0 Å². The Balaban J connectivity index is 1.84. The van der Waals surface area contributed by atoms with E-state index in [2.05, 4.69) is 38.3 Å². The number of piperazine rings is 1. The second kappa shape index (κ2) is 5.93. The van der Waals surface area contributed by atoms with E-state index in [1.54, 1.807) is 11.0 Å². The van der Waals surface area contributed by atoms with Crippen molar-refractivity contribution in [2.75, 3.05) is 45.1 Å². The van der Waals surface area contributed by atoms with Crippen molar-refractivity contribution >= 4 is 11.8 Å². The summed E-state index contributed by atoms with van der Waals surface area (Å²) in [6, 6.07) is 1.81. The number of rotatable bonds is 3. The highest BCUT2D eigenvalue weighted by Gasteiger charge is 2.24. The summed E-state index contributed by atoms with van der Waals surface area (Å²) in [5.41, 5.74) is 0.779. The van der Waals surface area contributed by atoms with Crippen LogP contribution in [-0.2, 0) is 10.2 Å². The summed E-state index contributed by atoms with van der Waals surface area (Å²) >= 11 is 0. The maximum absolute atomic E-state index is 12.0. The van der Waals surface area contributed by atoms with Crippen molar-refractivity contribution in [3.63, 3.8) is 0 Å². The van der Waals surface area contributed by atoms with Crippen LogP contribution in [0.15, 0.2) is 10.6 Å². The Labute approximate surface area is 120 Å². The van der Waals surface area contributed by atoms with E-state index in [4.69, 9.17) is 4.52 Å². The summed E-state index contributed by atoms with van der Waals surface area (Å²) in [5.74, 6) is 0.440. The van der Waals surface area contributed by atoms with E-state index in [-0.39, 0.29) is 11.3 Å². The molecule has 6 nitrogen and oxygen atoms in total. The maximum atomic E-state index is 12.0. The maximum Gasteiger partial charge on any atom is 0.281 e. The lowest BCUT2D eigenvalue weighted by atomic mass is 9.92. The van der Waals surface area contributed by atoms with E-state index < -0.39 is 0 Å². The Bertz CT molecular complexity index is 456. The lowest BCUT2D eigenvalue weighted by Crippen LogP contribution is -3.27. The molecule has 0 bridgehead atoms. The number of hydrogen-bond acceptors (Lipinski definition) is 3. The van der Waals surface area contributed by atoms with Crippen molar-refractivity contribution in [2.24, 2.45) is 0 Å². The number of amides is 1. The predicted molar refractivity (Wildman–Crippen MR) is 76.0 cm³/mol. The normalized spacial score (nSPS) is 23.6. The molecule has 1 fully saturated rings. The molecule has 3 N–H and O–H groups in total. The summed E-state index contributed by atoms with van der Waals surface area (Å²) < 4.78 is 5.17. The fourth-order valence-corrected chi connectivity index (χ4v) is 2.30. The third kappa shape index (κ3) is 4.05. The molecule has 0 aromatic carbocycles. The number of aromatic nitrogens is 1. The van der Waals surface area contributed by atoms with Gasteiger partial charge in [0.15, 0.2) is 6.54 Å². The first-order valence-electron chi connectivity index (χ1n) is 7.26. The quantitative estimate of drug-likeness (QED) is 0.621. The van der Waals surface area contributed by atoms with Gasteiger partial charge in [0.2, 0.25) is 5.88 Å². The van der Waals surface area contributed by atoms with E-state index in [0.717, 1.165) is 31.9 Å². The first-order valence-corrected chi connectivity index (χ1v) is 7.26. The van der Waals surface area contributed by atoms with Crippen LogP contribution in [0.3, 0.4) is 0 Å². The molecule has 6 heteroatoms. The summed E-state index contributed by atoms with van der Waals surface area (Å²) in [6.07, 6.45) is 0. The Morgan fingerprint density at radius 1 is 1.35 bits per heavy atom. The van der Waals surface area contributed by atoms with Gasteiger partial charge in [-0.25, -0.2) is 0 Å². The van der Waals surface area contributed by atoms with Gasteiger partial charge in [0.1, 0.15) is 26.2 Å². The summed E-state index contributed by atoms with van der Waals surface area (Å²) in [6.45, 7) is 11.0. The zero-order valence-corrected chi connectivity index (χ0v) is 12.9. The van der Waals surface area contributed by atoms with Crippen LogP contribution in [0.25, 0.3) is 0 Å². The van der Waals surface area contributed by atoms with Crippen molar-refractivity contribution in [1.29, 1.82) is 0 Å². The summed E-state index contributed by atoms with van der Waals surface area (Å²) in [7, 11) is 2.19. The highest BCUT2D eigenvalue weighted by Crippen LogP contribution is 2.23. The molecule has 0 unspecified atom stereocenters. The topological polar surface area (TPSA) is 64.0 Å². The molecular formula is C14H26N4O2+2. The Morgan fingerprint density at radius 2 is 2.00 bits per heavy atom. The fraction of sp³-hybridized carbons (Fsp3) is 0.714. The highest BCUT2D eigenvalue weighted by atomic mass is 16.5. The fourth-order valence-electron chi connectivity index (χ4n) is 2.30. The van der Waals surface area contributed by atoms with Gasteiger partial charge in [-0.15, -0.1) is 0 Å². The minimum atomic E-state index is -0.0715. The second-order valence-corrected chi connectivity index (χ2v) is 6.76. The van der Waals surface area contributed by atoms with Crippen LogP contribution in [0, 0.1) is 0 Å². The van der Waals surface area contributed by atoms with Crippen molar-refractivity contribution in [1.82, 2.24) is 5.16 Å². The van der Waals surface area contributed by atoms with Gasteiger partial charge in [-0.3, -0.25) is 10.1 Å². The van der Waals surface area contributed by atoms with Gasteiger partial charge in [-0.2, -0.15) is 0 Å². The standard InChI is InChI=1S/C14H24N4O2/c1-14(2,3)11-9-13(20-16-11)15-12(19)10-18-7-5-17(4)6-8-18/h9H,5-8,10H2,1-4H3,(H,15,19)/p+2. The van der Waals surface area contributed by atoms with Crippen LogP contribution in [0.1, 0.15) is 26.5 Å². The van der Waals surface area contributed by atoms with Crippen LogP contribution < -0.4 is 15.1 Å². The average molecular weight is 282 g/mol. The SMILES string of the molecule is C[NH+]1CC[NH+](CC(=O)Nc2cc(C(C)(C)C)no2)CC1. The second-order valence-electron chi connectivity index (χ2n) is 6.76. The van der Waals surface area contributed by atoms with Crippen LogP contribution in [0.5, 0.6) is 0 Å². The number of likely N-dealkylation sites (N-methyl/N-ethyl adjacent to an activating group) is 1. The van der Waals surface area contributed by atoms with Gasteiger partial charge in [-0.1, -0.05) is 25.9 Å². The van der Waals surface area contributed by atoms with E-state index in [1.165, 1.54) is 4.90 Å². The third-order valence-electron chi connectivity index (χ3n) is 3.76. The smallest absolute Gasteiger partial charge is 0.281 e. The molecule has 2 heterocycles. The molecule has 2 rings (SSSR count). The molecule has 0 saturated carbocycles. The monoisotopic (exact) mass is 282 g/mol. The van der Waals surface area contributed by atoms with Crippen LogP contribution in [0.4, 0.5) is 5.88 Å². The van der Waals surface area contributed by atoms with Crippen molar-refractivity contribution in [3.8, 4) is 0 Å². The molecule has 0 radical (unpaired) electrons. The lowest BCUT2D eigenvalue weighted by molar-refractivity contribution is -0.999. The molecule has 0 aliphatic carbocycles. The van der Waals surface area contributed by atoms with Gasteiger partial charge in [0, 0.05) is 11.5 Å². The van der Waals surface area contributed by atoms with Crippen molar-refractivity contribution < 1.29 is 19.1 Å². The third-order valence-corrected chi connectivity index (χ3v) is 3.76. The van der Waals surface area contributed by atoms with Crippen LogP contribution >= 0.6 is 0 Å². The Kier molecular flexibility index (Phi) is 4.45. The average Bonchev–Trinajstić information content (AvgIpc) is 2.80. The summed E-state index contributed by atoms with van der Waals surface area (Å²) in [4.78, 5) is 14.9. The molecule has 0 atom stereocenters. The molecule has 1 saturated heterocycles. The molecule has 0 spiro atoms. The van der Waals surface area contributed by atoms with E-state index in [0.29, 0.717) is 12.4 Å². The highest BCUT2D eigenvalue weighted by molar-refractivity contribution is 5.90.